The number of alkyl halides is 6. The predicted molar refractivity (Wildman–Crippen MR) is 304 cm³/mol. The number of fused-ring (bicyclic) bond motifs is 5. The number of piperazine rings is 3. The molecule has 22 nitrogen and oxygen atoms in total. The van der Waals surface area contributed by atoms with Crippen LogP contribution in [0.2, 0.25) is 0 Å². The van der Waals surface area contributed by atoms with Gasteiger partial charge in [0.05, 0.1) is 30.5 Å². The molecule has 4 aromatic rings. The van der Waals surface area contributed by atoms with Crippen molar-refractivity contribution in [3.8, 4) is 0 Å². The number of Topliss-reactive ketones (excluding diaryl/α,β-unsaturated/α-hetero) is 2. The molecular formula is C58H72F6N12O10S. The largest absolute Gasteiger partial charge is 0.511 e. The molecule has 8 aliphatic rings. The van der Waals surface area contributed by atoms with Gasteiger partial charge in [-0.25, -0.2) is 18.1 Å². The number of sulfonamides is 1. The second kappa shape index (κ2) is 26.9. The molecule has 7 aliphatic heterocycles. The standard InChI is InChI=1S/C23H31F3N4O2.C14H15F3N4O3S.C11H10N2O3.C10H16N2O2/c24-23(25,26)18-6-5-7-19(16-18)28-14-12-27(13-15-28)9-3-4-10-29-17-21(31)30-11-2-1-8-20(30)22(29)32;15-14(16,17)25(23,24)19-6-1-2-7-20-9-10-4-3-5-12-18-8-11(13(20)22)21(10)12;14-8-1-2-9(15)10-6(8)5-7-11(16)12-3-4-13(7)10;1-6(2)8-10(14)12-5-3-4-7(12)9(13)11-8/h5-7,16,20H,1-4,8-15,17H2;3-5,8,19H,1-2,6-7,9H2;5H,1-4H2,(H,12,16);6-8H,3-5H2,1-2H3,(H,11,13)/t;;;7-,8-/m...0/s1. The van der Waals surface area contributed by atoms with Crippen LogP contribution in [0.4, 0.5) is 32.0 Å². The summed E-state index contributed by atoms with van der Waals surface area (Å²) in [5, 5.41) is 5.50. The van der Waals surface area contributed by atoms with Crippen molar-refractivity contribution in [1.82, 2.24) is 53.8 Å². The van der Waals surface area contributed by atoms with Crippen molar-refractivity contribution in [3.63, 3.8) is 0 Å². The zero-order chi connectivity index (χ0) is 62.5. The highest BCUT2D eigenvalue weighted by Crippen LogP contribution is 2.33. The molecule has 1 aliphatic carbocycles. The van der Waals surface area contributed by atoms with E-state index < -0.39 is 27.3 Å². The van der Waals surface area contributed by atoms with E-state index in [0.717, 1.165) is 82.9 Å². The van der Waals surface area contributed by atoms with E-state index in [4.69, 9.17) is 0 Å². The molecular weight excluding hydrogens is 1170 g/mol. The van der Waals surface area contributed by atoms with E-state index in [-0.39, 0.29) is 103 Å². The molecule has 1 aromatic carbocycles. The highest BCUT2D eigenvalue weighted by Gasteiger charge is 2.46. The van der Waals surface area contributed by atoms with Gasteiger partial charge >= 0.3 is 21.7 Å². The molecule has 1 unspecified atom stereocenters. The average molecular weight is 1240 g/mol. The monoisotopic (exact) mass is 1240 g/mol. The summed E-state index contributed by atoms with van der Waals surface area (Å²) < 4.78 is 102. The Labute approximate surface area is 498 Å². The number of carbonyl (C=O) groups is 8. The minimum atomic E-state index is -5.32. The fraction of sp³-hybridized carbons (Fsp3) is 0.569. The Balaban J connectivity index is 0.000000145. The number of rotatable bonds is 13. The Morgan fingerprint density at radius 2 is 1.39 bits per heavy atom. The summed E-state index contributed by atoms with van der Waals surface area (Å²) in [7, 11) is -5.32. The summed E-state index contributed by atoms with van der Waals surface area (Å²) in [6, 6.07) is 11.8. The predicted octanol–water partition coefficient (Wildman–Crippen LogP) is 4.86. The average Bonchev–Trinajstić information content (AvgIpc) is 2.05. The van der Waals surface area contributed by atoms with Crippen molar-refractivity contribution in [2.45, 2.75) is 127 Å². The maximum Gasteiger partial charge on any atom is 0.511 e. The molecule has 3 aromatic heterocycles. The minimum absolute atomic E-state index is 0.0285. The molecule has 3 atom stereocenters. The zero-order valence-electron chi connectivity index (χ0n) is 48.5. The summed E-state index contributed by atoms with van der Waals surface area (Å²) in [6.45, 7) is 11.5. The number of amides is 6. The number of anilines is 1. The molecule has 5 saturated heterocycles. The van der Waals surface area contributed by atoms with Gasteiger partial charge in [0.1, 0.15) is 35.2 Å². The number of nitrogens with one attached hydrogen (secondary N) is 3. The number of imidazole rings is 1. The number of benzene rings is 1. The van der Waals surface area contributed by atoms with Crippen LogP contribution in [-0.2, 0) is 48.5 Å². The van der Waals surface area contributed by atoms with Crippen LogP contribution in [0.5, 0.6) is 0 Å². The van der Waals surface area contributed by atoms with Gasteiger partial charge < -0.3 is 39.7 Å². The number of halogens is 6. The first kappa shape index (κ1) is 64.1. The summed E-state index contributed by atoms with van der Waals surface area (Å²) >= 11 is 0. The molecule has 0 saturated carbocycles. The summed E-state index contributed by atoms with van der Waals surface area (Å²) in [4.78, 5) is 111. The Bertz CT molecular complexity index is 3370. The molecule has 0 bridgehead atoms. The first-order valence-corrected chi connectivity index (χ1v) is 31.0. The fourth-order valence-electron chi connectivity index (χ4n) is 12.3. The lowest BCUT2D eigenvalue weighted by Crippen LogP contribution is -2.62. The molecule has 0 radical (unpaired) electrons. The van der Waals surface area contributed by atoms with Gasteiger partial charge in [0.2, 0.25) is 23.6 Å². The van der Waals surface area contributed by atoms with Crippen LogP contribution < -0.4 is 20.3 Å². The van der Waals surface area contributed by atoms with E-state index in [1.807, 2.05) is 30.9 Å². The second-order valence-corrected chi connectivity index (χ2v) is 24.8. The molecule has 6 amide bonds. The van der Waals surface area contributed by atoms with Crippen molar-refractivity contribution in [2.75, 3.05) is 83.4 Å². The third-order valence-electron chi connectivity index (χ3n) is 16.9. The molecule has 3 N–H and O–H groups in total. The zero-order valence-corrected chi connectivity index (χ0v) is 49.3. The lowest BCUT2D eigenvalue weighted by atomic mass is 9.95. The summed E-state index contributed by atoms with van der Waals surface area (Å²) in [6.07, 6.45) is 4.55. The van der Waals surface area contributed by atoms with E-state index in [1.54, 1.807) is 46.8 Å². The lowest BCUT2D eigenvalue weighted by Gasteiger charge is -2.42. The molecule has 10 heterocycles. The topological polar surface area (TPSA) is 248 Å². The van der Waals surface area contributed by atoms with Crippen molar-refractivity contribution < 1.29 is 73.1 Å². The molecule has 5 fully saturated rings. The normalized spacial score (nSPS) is 21.5. The first-order chi connectivity index (χ1) is 41.3. The fourth-order valence-corrected chi connectivity index (χ4v) is 12.8. The van der Waals surface area contributed by atoms with Gasteiger partial charge in [0.25, 0.3) is 11.8 Å². The SMILES string of the molecule is CC(C)[C@@H]1NC(=O)[C@@H]2CCCN2C1=O.O=C1C2CCCCN2C(=O)CN1CCCCN1CCN(c2cccc(C(F)(F)F)c2)CC1.O=C1CCC(=O)c2c1cc1n2CCNC1=O.O=C1c2cnc3cccc(n23)CN1CCCCNS(=O)(=O)C(F)(F)F. The van der Waals surface area contributed by atoms with Gasteiger partial charge in [-0.05, 0) is 107 Å². The maximum absolute atomic E-state index is 13.0. The number of hydrogen-bond acceptors (Lipinski definition) is 13. The highest BCUT2D eigenvalue weighted by atomic mass is 32.2. The van der Waals surface area contributed by atoms with Crippen molar-refractivity contribution in [1.29, 1.82) is 0 Å². The van der Waals surface area contributed by atoms with Crippen LogP contribution in [0.25, 0.3) is 5.65 Å². The number of piperidine rings is 1. The number of aromatic nitrogens is 3. The Kier molecular flexibility index (Phi) is 19.8. The molecule has 12 rings (SSSR count). The molecule has 87 heavy (non-hydrogen) atoms. The van der Waals surface area contributed by atoms with Crippen molar-refractivity contribution in [3.05, 3.63) is 88.6 Å². The van der Waals surface area contributed by atoms with Gasteiger partial charge in [0, 0.05) is 102 Å². The van der Waals surface area contributed by atoms with E-state index in [0.29, 0.717) is 92.8 Å². The van der Waals surface area contributed by atoms with Gasteiger partial charge in [0.15, 0.2) is 11.6 Å². The lowest BCUT2D eigenvalue weighted by molar-refractivity contribution is -0.157. The van der Waals surface area contributed by atoms with Crippen molar-refractivity contribution >= 4 is 68.4 Å². The third-order valence-corrected chi connectivity index (χ3v) is 18.1. The van der Waals surface area contributed by atoms with Crippen LogP contribution in [-0.4, -0.2) is 196 Å². The van der Waals surface area contributed by atoms with Crippen LogP contribution in [0.1, 0.15) is 138 Å². The molecule has 0 spiro atoms. The number of unbranched alkanes of at least 4 members (excludes halogenated alkanes) is 2. The summed E-state index contributed by atoms with van der Waals surface area (Å²) in [5.74, 6) is -0.0157. The van der Waals surface area contributed by atoms with Crippen LogP contribution in [0, 0.1) is 5.92 Å². The second-order valence-electron chi connectivity index (χ2n) is 23.0. The smallest absolute Gasteiger partial charge is 0.369 e. The maximum atomic E-state index is 13.0. The number of carbonyl (C=O) groups excluding carboxylic acids is 8. The Morgan fingerprint density at radius 1 is 0.701 bits per heavy atom. The van der Waals surface area contributed by atoms with Crippen molar-refractivity contribution in [2.24, 2.45) is 5.92 Å². The van der Waals surface area contributed by atoms with E-state index >= 15 is 0 Å². The summed E-state index contributed by atoms with van der Waals surface area (Å²) in [5.41, 5.74) is -2.01. The van der Waals surface area contributed by atoms with Gasteiger partial charge in [-0.3, -0.25) is 47.7 Å². The van der Waals surface area contributed by atoms with E-state index in [9.17, 15) is 73.1 Å². The first-order valence-electron chi connectivity index (χ1n) is 29.5. The number of pyridine rings is 1. The van der Waals surface area contributed by atoms with Crippen LogP contribution in [0.3, 0.4) is 0 Å². The van der Waals surface area contributed by atoms with E-state index in [2.05, 4.69) is 20.5 Å². The number of hydrogen-bond donors (Lipinski definition) is 3. The van der Waals surface area contributed by atoms with Gasteiger partial charge in [-0.15, -0.1) is 0 Å². The van der Waals surface area contributed by atoms with Crippen LogP contribution >= 0.6 is 0 Å². The number of ketones is 2. The molecule has 29 heteroatoms. The van der Waals surface area contributed by atoms with E-state index in [1.165, 1.54) is 23.1 Å². The van der Waals surface area contributed by atoms with Gasteiger partial charge in [-0.2, -0.15) is 26.3 Å². The Hall–Kier alpha value is -7.40. The third kappa shape index (κ3) is 14.5. The highest BCUT2D eigenvalue weighted by molar-refractivity contribution is 7.90. The van der Waals surface area contributed by atoms with Crippen LogP contribution in [0.15, 0.2) is 54.7 Å². The minimum Gasteiger partial charge on any atom is -0.369 e. The quantitative estimate of drug-likeness (QED) is 0.120. The number of nitrogens with zero attached hydrogens (tertiary/aromatic N) is 9. The molecule has 472 valence electrons. The van der Waals surface area contributed by atoms with Gasteiger partial charge in [-0.1, -0.05) is 26.0 Å². The Morgan fingerprint density at radius 3 is 2.13 bits per heavy atom.